The van der Waals surface area contributed by atoms with Gasteiger partial charge in [-0.25, -0.2) is 8.42 Å². The fourth-order valence-corrected chi connectivity index (χ4v) is 3.86. The van der Waals surface area contributed by atoms with Crippen molar-refractivity contribution in [1.29, 1.82) is 0 Å². The van der Waals surface area contributed by atoms with Crippen LogP contribution in [0.15, 0.2) is 29.2 Å². The van der Waals surface area contributed by atoms with E-state index in [9.17, 15) is 23.1 Å². The predicted molar refractivity (Wildman–Crippen MR) is 85.0 cm³/mol. The highest BCUT2D eigenvalue weighted by atomic mass is 32.2. The first-order valence-electron chi connectivity index (χ1n) is 7.45. The lowest BCUT2D eigenvalue weighted by Gasteiger charge is -2.21. The summed E-state index contributed by atoms with van der Waals surface area (Å²) in [5, 5.41) is 8.63. The van der Waals surface area contributed by atoms with Crippen molar-refractivity contribution in [3.05, 3.63) is 29.8 Å². The van der Waals surface area contributed by atoms with E-state index in [4.69, 9.17) is 0 Å². The van der Waals surface area contributed by atoms with Gasteiger partial charge in [-0.3, -0.25) is 9.59 Å². The molecule has 1 amide bonds. The number of nitrogens with zero attached hydrogens (tertiary/aromatic N) is 1. The third kappa shape index (κ3) is 3.10. The maximum absolute atomic E-state index is 12.7. The number of likely N-dealkylation sites (tertiary alicyclic amines) is 1. The first kappa shape index (κ1) is 17.5. The van der Waals surface area contributed by atoms with Gasteiger partial charge in [0, 0.05) is 13.1 Å². The SMILES string of the molecule is CC(C)S(=O)(=O)c1ccccc1C(=O)N1CC[C@@](C)(C(=O)O)C1. The monoisotopic (exact) mass is 339 g/mol. The molecular formula is C16H21NO5S. The molecule has 1 atom stereocenters. The van der Waals surface area contributed by atoms with E-state index in [1.165, 1.54) is 17.0 Å². The van der Waals surface area contributed by atoms with Crippen molar-refractivity contribution in [1.82, 2.24) is 4.90 Å². The molecule has 1 aliphatic rings. The second-order valence-corrected chi connectivity index (χ2v) is 8.91. The molecule has 1 saturated heterocycles. The van der Waals surface area contributed by atoms with E-state index in [0.29, 0.717) is 13.0 Å². The molecule has 0 aliphatic carbocycles. The summed E-state index contributed by atoms with van der Waals surface area (Å²) in [5.74, 6) is -1.38. The molecule has 23 heavy (non-hydrogen) atoms. The van der Waals surface area contributed by atoms with Crippen molar-refractivity contribution < 1.29 is 23.1 Å². The third-order valence-corrected chi connectivity index (χ3v) is 6.53. The Morgan fingerprint density at radius 3 is 2.39 bits per heavy atom. The summed E-state index contributed by atoms with van der Waals surface area (Å²) in [4.78, 5) is 25.4. The molecule has 0 saturated carbocycles. The number of benzene rings is 1. The van der Waals surface area contributed by atoms with Crippen LogP contribution >= 0.6 is 0 Å². The standard InChI is InChI=1S/C16H21NO5S/c1-11(2)23(21,22)13-7-5-4-6-12(13)14(18)17-9-8-16(3,10-17)15(19)20/h4-7,11H,8-10H2,1-3H3,(H,19,20)/t16-/m1/s1. The van der Waals surface area contributed by atoms with Gasteiger partial charge in [-0.05, 0) is 39.3 Å². The van der Waals surface area contributed by atoms with E-state index in [0.717, 1.165) is 0 Å². The Hall–Kier alpha value is -1.89. The Balaban J connectivity index is 2.38. The second-order valence-electron chi connectivity index (χ2n) is 6.43. The maximum Gasteiger partial charge on any atom is 0.311 e. The van der Waals surface area contributed by atoms with Crippen molar-refractivity contribution >= 4 is 21.7 Å². The van der Waals surface area contributed by atoms with Gasteiger partial charge in [0.15, 0.2) is 9.84 Å². The molecule has 0 bridgehead atoms. The number of carboxylic acids is 1. The lowest BCUT2D eigenvalue weighted by molar-refractivity contribution is -0.147. The zero-order valence-corrected chi connectivity index (χ0v) is 14.3. The molecule has 1 aliphatic heterocycles. The summed E-state index contributed by atoms with van der Waals surface area (Å²) in [6.07, 6.45) is 0.354. The number of aliphatic carboxylic acids is 1. The van der Waals surface area contributed by atoms with Crippen LogP contribution in [0.1, 0.15) is 37.6 Å². The zero-order chi connectivity index (χ0) is 17.4. The van der Waals surface area contributed by atoms with Gasteiger partial charge >= 0.3 is 5.97 Å². The van der Waals surface area contributed by atoms with Gasteiger partial charge in [0.1, 0.15) is 0 Å². The van der Waals surface area contributed by atoms with Crippen molar-refractivity contribution in [2.75, 3.05) is 13.1 Å². The first-order valence-corrected chi connectivity index (χ1v) is 9.00. The average molecular weight is 339 g/mol. The van der Waals surface area contributed by atoms with E-state index in [1.54, 1.807) is 32.9 Å². The van der Waals surface area contributed by atoms with Crippen LogP contribution in [0.3, 0.4) is 0 Å². The molecule has 1 fully saturated rings. The Morgan fingerprint density at radius 1 is 1.26 bits per heavy atom. The minimum atomic E-state index is -3.59. The lowest BCUT2D eigenvalue weighted by atomic mass is 9.90. The summed E-state index contributed by atoms with van der Waals surface area (Å²) in [6, 6.07) is 6.10. The smallest absolute Gasteiger partial charge is 0.311 e. The van der Waals surface area contributed by atoms with Crippen molar-refractivity contribution in [3.63, 3.8) is 0 Å². The third-order valence-electron chi connectivity index (χ3n) is 4.32. The first-order chi connectivity index (χ1) is 10.6. The number of amides is 1. The molecule has 2 rings (SSSR count). The summed E-state index contributed by atoms with van der Waals surface area (Å²) in [6.45, 7) is 5.11. The van der Waals surface area contributed by atoms with E-state index in [-0.39, 0.29) is 17.0 Å². The number of carboxylic acid groups (broad SMARTS) is 1. The number of hydrogen-bond acceptors (Lipinski definition) is 4. The summed E-state index contributed by atoms with van der Waals surface area (Å²) >= 11 is 0. The van der Waals surface area contributed by atoms with E-state index in [1.807, 2.05) is 0 Å². The van der Waals surface area contributed by atoms with Crippen LogP contribution in [0.4, 0.5) is 0 Å². The van der Waals surface area contributed by atoms with Gasteiger partial charge in [0.25, 0.3) is 5.91 Å². The highest BCUT2D eigenvalue weighted by Gasteiger charge is 2.43. The molecule has 0 radical (unpaired) electrons. The number of carbonyl (C=O) groups is 2. The second kappa shape index (κ2) is 5.96. The minimum absolute atomic E-state index is 0.00364. The molecule has 6 nitrogen and oxygen atoms in total. The Morgan fingerprint density at radius 2 is 1.87 bits per heavy atom. The highest BCUT2D eigenvalue weighted by Crippen LogP contribution is 2.32. The van der Waals surface area contributed by atoms with Crippen LogP contribution in [0.5, 0.6) is 0 Å². The zero-order valence-electron chi connectivity index (χ0n) is 13.4. The molecule has 0 unspecified atom stereocenters. The summed E-state index contributed by atoms with van der Waals surface area (Å²) in [5.41, 5.74) is -0.877. The van der Waals surface area contributed by atoms with Crippen molar-refractivity contribution in [2.24, 2.45) is 5.41 Å². The topological polar surface area (TPSA) is 91.8 Å². The molecule has 1 aromatic rings. The normalized spacial score (nSPS) is 21.7. The van der Waals surface area contributed by atoms with Crippen LogP contribution < -0.4 is 0 Å². The molecule has 7 heteroatoms. The van der Waals surface area contributed by atoms with Crippen LogP contribution in [0, 0.1) is 5.41 Å². The molecular weight excluding hydrogens is 318 g/mol. The van der Waals surface area contributed by atoms with E-state index in [2.05, 4.69) is 0 Å². The summed E-state index contributed by atoms with van der Waals surface area (Å²) in [7, 11) is -3.59. The van der Waals surface area contributed by atoms with Crippen molar-refractivity contribution in [2.45, 2.75) is 37.3 Å². The molecule has 126 valence electrons. The highest BCUT2D eigenvalue weighted by molar-refractivity contribution is 7.92. The maximum atomic E-state index is 12.7. The van der Waals surface area contributed by atoms with Crippen LogP contribution in [-0.2, 0) is 14.6 Å². The van der Waals surface area contributed by atoms with Gasteiger partial charge in [-0.15, -0.1) is 0 Å². The number of rotatable bonds is 4. The minimum Gasteiger partial charge on any atom is -0.481 e. The van der Waals surface area contributed by atoms with Crippen molar-refractivity contribution in [3.8, 4) is 0 Å². The molecule has 0 spiro atoms. The molecule has 1 aromatic carbocycles. The number of hydrogen-bond donors (Lipinski definition) is 1. The van der Waals surface area contributed by atoms with E-state index >= 15 is 0 Å². The van der Waals surface area contributed by atoms with E-state index < -0.39 is 32.4 Å². The van der Waals surface area contributed by atoms with Crippen LogP contribution in [0.25, 0.3) is 0 Å². The van der Waals surface area contributed by atoms with Gasteiger partial charge in [0.2, 0.25) is 0 Å². The fourth-order valence-electron chi connectivity index (χ4n) is 2.62. The van der Waals surface area contributed by atoms with Gasteiger partial charge in [-0.2, -0.15) is 0 Å². The Bertz CT molecular complexity index is 741. The number of sulfone groups is 1. The number of carbonyl (C=O) groups excluding carboxylic acids is 1. The molecule has 0 aromatic heterocycles. The van der Waals surface area contributed by atoms with Gasteiger partial charge < -0.3 is 10.0 Å². The predicted octanol–water partition coefficient (Wildman–Crippen LogP) is 1.81. The average Bonchev–Trinajstić information content (AvgIpc) is 2.90. The van der Waals surface area contributed by atoms with Crippen LogP contribution in [-0.4, -0.2) is 48.6 Å². The molecule has 1 heterocycles. The van der Waals surface area contributed by atoms with Gasteiger partial charge in [-0.1, -0.05) is 12.1 Å². The quantitative estimate of drug-likeness (QED) is 0.903. The van der Waals surface area contributed by atoms with Crippen LogP contribution in [0.2, 0.25) is 0 Å². The fraction of sp³-hybridized carbons (Fsp3) is 0.500. The molecule has 1 N–H and O–H groups in total. The largest absolute Gasteiger partial charge is 0.481 e. The Kier molecular flexibility index (Phi) is 4.52. The summed E-state index contributed by atoms with van der Waals surface area (Å²) < 4.78 is 24.9. The lowest BCUT2D eigenvalue weighted by Crippen LogP contribution is -2.35. The Labute approximate surface area is 136 Å². The van der Waals surface area contributed by atoms with Gasteiger partial charge in [0.05, 0.1) is 21.1 Å².